The normalized spacial score (nSPS) is 25.2. The summed E-state index contributed by atoms with van der Waals surface area (Å²) >= 11 is 0. The van der Waals surface area contributed by atoms with Crippen molar-refractivity contribution in [3.63, 3.8) is 0 Å². The first-order chi connectivity index (χ1) is 14.0. The number of nitrogens with one attached hydrogen (secondary N) is 1. The minimum absolute atomic E-state index is 0.116. The first-order valence-electron chi connectivity index (χ1n) is 10.9. The number of aliphatic hydroxyl groups excluding tert-OH is 1. The number of hydrogen-bond acceptors (Lipinski definition) is 6. The van der Waals surface area contributed by atoms with Crippen LogP contribution < -0.4 is 5.32 Å². The highest BCUT2D eigenvalue weighted by atomic mass is 16.3. The molecule has 168 valence electrons. The van der Waals surface area contributed by atoms with Crippen LogP contribution in [0.3, 0.4) is 0 Å². The Balaban J connectivity index is 1.84. The zero-order chi connectivity index (χ0) is 22.1. The summed E-state index contributed by atoms with van der Waals surface area (Å²) in [5.74, 6) is -0.549. The van der Waals surface area contributed by atoms with Crippen LogP contribution in [0.15, 0.2) is 6.20 Å². The quantitative estimate of drug-likeness (QED) is 0.647. The zero-order valence-corrected chi connectivity index (χ0v) is 18.5. The molecular formula is C21H35N5O4. The van der Waals surface area contributed by atoms with Crippen LogP contribution in [0.1, 0.15) is 71.0 Å². The molecule has 2 fully saturated rings. The van der Waals surface area contributed by atoms with E-state index < -0.39 is 29.2 Å². The number of likely N-dealkylation sites (N-methyl/N-ethyl adjacent to an activating group) is 1. The van der Waals surface area contributed by atoms with Crippen molar-refractivity contribution in [2.75, 3.05) is 13.6 Å². The van der Waals surface area contributed by atoms with Gasteiger partial charge in [0.1, 0.15) is 12.1 Å². The van der Waals surface area contributed by atoms with E-state index >= 15 is 0 Å². The van der Waals surface area contributed by atoms with Gasteiger partial charge in [-0.05, 0) is 18.3 Å². The molecule has 1 aromatic rings. The number of aromatic nitrogens is 3. The van der Waals surface area contributed by atoms with Gasteiger partial charge in [-0.1, -0.05) is 45.2 Å². The van der Waals surface area contributed by atoms with Crippen molar-refractivity contribution in [3.05, 3.63) is 11.9 Å². The van der Waals surface area contributed by atoms with E-state index in [2.05, 4.69) is 15.6 Å². The summed E-state index contributed by atoms with van der Waals surface area (Å²) in [5.41, 5.74) is -0.598. The van der Waals surface area contributed by atoms with Gasteiger partial charge in [-0.25, -0.2) is 4.68 Å². The molecule has 2 heterocycles. The van der Waals surface area contributed by atoms with Crippen LogP contribution in [0.25, 0.3) is 0 Å². The summed E-state index contributed by atoms with van der Waals surface area (Å²) in [5, 5.41) is 32.0. The van der Waals surface area contributed by atoms with Gasteiger partial charge in [-0.15, -0.1) is 5.10 Å². The Morgan fingerprint density at radius 1 is 1.30 bits per heavy atom. The van der Waals surface area contributed by atoms with E-state index in [-0.39, 0.29) is 24.8 Å². The standard InChI is InChI=1S/C21H35N5O4/c1-20(2,3)17(19(29)25-13-15(27)10-16(25)18(28)22-4)26-12-14(23-24-26)11-21(30)8-6-5-7-9-21/h12,15-17,27,30H,5-11,13H2,1-4H3,(H,22,28)/t15?,16-,17?/m1/s1. The topological polar surface area (TPSA) is 121 Å². The van der Waals surface area contributed by atoms with Gasteiger partial charge < -0.3 is 20.4 Å². The molecule has 9 nitrogen and oxygen atoms in total. The van der Waals surface area contributed by atoms with Crippen LogP contribution in [0.5, 0.6) is 0 Å². The van der Waals surface area contributed by atoms with Crippen molar-refractivity contribution in [1.29, 1.82) is 0 Å². The molecule has 1 aliphatic heterocycles. The molecule has 1 aromatic heterocycles. The summed E-state index contributed by atoms with van der Waals surface area (Å²) in [6, 6.07) is -1.38. The second-order valence-corrected chi connectivity index (χ2v) is 9.93. The average molecular weight is 422 g/mol. The second-order valence-electron chi connectivity index (χ2n) is 9.93. The number of carbonyl (C=O) groups excluding carboxylic acids is 2. The van der Waals surface area contributed by atoms with E-state index in [9.17, 15) is 19.8 Å². The molecule has 0 bridgehead atoms. The van der Waals surface area contributed by atoms with Gasteiger partial charge in [-0.2, -0.15) is 0 Å². The molecule has 9 heteroatoms. The molecule has 2 aliphatic rings. The minimum atomic E-state index is -0.760. The lowest BCUT2D eigenvalue weighted by atomic mass is 9.82. The molecule has 3 rings (SSSR count). The summed E-state index contributed by atoms with van der Waals surface area (Å²) in [6.07, 6.45) is 6.30. The first kappa shape index (κ1) is 22.7. The van der Waals surface area contributed by atoms with Gasteiger partial charge in [0, 0.05) is 32.6 Å². The molecular weight excluding hydrogens is 386 g/mol. The van der Waals surface area contributed by atoms with E-state index in [0.29, 0.717) is 12.1 Å². The van der Waals surface area contributed by atoms with E-state index in [1.165, 1.54) is 11.9 Å². The highest BCUT2D eigenvalue weighted by Gasteiger charge is 2.45. The van der Waals surface area contributed by atoms with Crippen LogP contribution in [0.2, 0.25) is 0 Å². The van der Waals surface area contributed by atoms with Crippen molar-refractivity contribution in [2.45, 2.75) is 89.5 Å². The Hall–Kier alpha value is -2.00. The number of β-amino-alcohol motifs (C(OH)–C–C–N with tert-alkyl or cyclic N) is 1. The van der Waals surface area contributed by atoms with Crippen molar-refractivity contribution >= 4 is 11.8 Å². The maximum atomic E-state index is 13.5. The molecule has 2 amide bonds. The van der Waals surface area contributed by atoms with Crippen LogP contribution >= 0.6 is 0 Å². The molecule has 0 spiro atoms. The summed E-state index contributed by atoms with van der Waals surface area (Å²) < 4.78 is 1.55. The van der Waals surface area contributed by atoms with E-state index in [1.807, 2.05) is 20.8 Å². The summed E-state index contributed by atoms with van der Waals surface area (Å²) in [6.45, 7) is 5.93. The molecule has 2 unspecified atom stereocenters. The average Bonchev–Trinajstić information content (AvgIpc) is 3.26. The van der Waals surface area contributed by atoms with E-state index in [0.717, 1.165) is 32.1 Å². The first-order valence-corrected chi connectivity index (χ1v) is 10.9. The van der Waals surface area contributed by atoms with Gasteiger partial charge in [0.25, 0.3) is 0 Å². The van der Waals surface area contributed by atoms with Crippen molar-refractivity contribution in [3.8, 4) is 0 Å². The molecule has 1 saturated heterocycles. The molecule has 0 radical (unpaired) electrons. The predicted molar refractivity (Wildman–Crippen MR) is 110 cm³/mol. The summed E-state index contributed by atoms with van der Waals surface area (Å²) in [4.78, 5) is 27.2. The third-order valence-electron chi connectivity index (χ3n) is 6.28. The van der Waals surface area contributed by atoms with E-state index in [4.69, 9.17) is 0 Å². The zero-order valence-electron chi connectivity index (χ0n) is 18.5. The van der Waals surface area contributed by atoms with E-state index in [1.54, 1.807) is 10.9 Å². The van der Waals surface area contributed by atoms with Crippen molar-refractivity contribution < 1.29 is 19.8 Å². The lowest BCUT2D eigenvalue weighted by molar-refractivity contribution is -0.144. The number of carbonyl (C=O) groups is 2. The Kier molecular flexibility index (Phi) is 6.52. The van der Waals surface area contributed by atoms with Crippen molar-refractivity contribution in [1.82, 2.24) is 25.2 Å². The number of hydrogen-bond donors (Lipinski definition) is 3. The van der Waals surface area contributed by atoms with Crippen LogP contribution in [-0.4, -0.2) is 73.3 Å². The SMILES string of the molecule is CNC(=O)[C@H]1CC(O)CN1C(=O)C(n1cc(CC2(O)CCCCC2)nn1)C(C)(C)C. The highest BCUT2D eigenvalue weighted by Crippen LogP contribution is 2.35. The van der Waals surface area contributed by atoms with Crippen LogP contribution in [0, 0.1) is 5.41 Å². The third-order valence-corrected chi connectivity index (χ3v) is 6.28. The fourth-order valence-corrected chi connectivity index (χ4v) is 4.75. The second kappa shape index (κ2) is 8.63. The number of nitrogens with zero attached hydrogens (tertiary/aromatic N) is 4. The maximum Gasteiger partial charge on any atom is 0.248 e. The number of amides is 2. The molecule has 1 saturated carbocycles. The van der Waals surface area contributed by atoms with Gasteiger partial charge in [0.15, 0.2) is 0 Å². The van der Waals surface area contributed by atoms with Crippen LogP contribution in [-0.2, 0) is 16.0 Å². The van der Waals surface area contributed by atoms with Gasteiger partial charge in [0.2, 0.25) is 11.8 Å². The van der Waals surface area contributed by atoms with Gasteiger partial charge in [-0.3, -0.25) is 9.59 Å². The fraction of sp³-hybridized carbons (Fsp3) is 0.810. The molecule has 0 aromatic carbocycles. The van der Waals surface area contributed by atoms with Gasteiger partial charge >= 0.3 is 0 Å². The monoisotopic (exact) mass is 421 g/mol. The smallest absolute Gasteiger partial charge is 0.248 e. The molecule has 1 aliphatic carbocycles. The predicted octanol–water partition coefficient (Wildman–Crippen LogP) is 0.811. The summed E-state index contributed by atoms with van der Waals surface area (Å²) in [7, 11) is 1.52. The molecule has 30 heavy (non-hydrogen) atoms. The Morgan fingerprint density at radius 2 is 1.97 bits per heavy atom. The molecule has 3 atom stereocenters. The number of rotatable bonds is 5. The van der Waals surface area contributed by atoms with Gasteiger partial charge in [0.05, 0.1) is 17.4 Å². The largest absolute Gasteiger partial charge is 0.391 e. The Bertz CT molecular complexity index is 766. The third kappa shape index (κ3) is 4.83. The van der Waals surface area contributed by atoms with Crippen molar-refractivity contribution in [2.24, 2.45) is 5.41 Å². The lowest BCUT2D eigenvalue weighted by Gasteiger charge is -2.34. The Morgan fingerprint density at radius 3 is 2.57 bits per heavy atom. The number of aliphatic hydroxyl groups is 2. The van der Waals surface area contributed by atoms with Crippen LogP contribution in [0.4, 0.5) is 0 Å². The Labute approximate surface area is 177 Å². The molecule has 3 N–H and O–H groups in total. The highest BCUT2D eigenvalue weighted by molar-refractivity contribution is 5.90. The maximum absolute atomic E-state index is 13.5. The minimum Gasteiger partial charge on any atom is -0.391 e. The lowest BCUT2D eigenvalue weighted by Crippen LogP contribution is -2.49. The number of likely N-dealkylation sites (tertiary alicyclic amines) is 1. The fourth-order valence-electron chi connectivity index (χ4n) is 4.75.